The van der Waals surface area contributed by atoms with E-state index >= 15 is 0 Å². The fraction of sp³-hybridized carbons (Fsp3) is 0. The molecule has 0 aliphatic carbocycles. The van der Waals surface area contributed by atoms with Crippen LogP contribution in [0.3, 0.4) is 0 Å². The lowest BCUT2D eigenvalue weighted by Crippen LogP contribution is -1.81. The molecule has 13 heavy (non-hydrogen) atoms. The predicted octanol–water partition coefficient (Wildman–Crippen LogP) is 3.45. The highest BCUT2D eigenvalue weighted by Crippen LogP contribution is 2.33. The average Bonchev–Trinajstić information content (AvgIpc) is 2.61. The van der Waals surface area contributed by atoms with Gasteiger partial charge >= 0.3 is 0 Å². The van der Waals surface area contributed by atoms with Crippen molar-refractivity contribution in [3.63, 3.8) is 0 Å². The van der Waals surface area contributed by atoms with Gasteiger partial charge in [0.25, 0.3) is 0 Å². The van der Waals surface area contributed by atoms with E-state index in [1.54, 1.807) is 35.6 Å². The molecule has 2 aromatic heterocycles. The van der Waals surface area contributed by atoms with E-state index in [2.05, 4.69) is 37.3 Å². The molecule has 0 saturated carbocycles. The Bertz CT molecular complexity index is 389. The van der Waals surface area contributed by atoms with Gasteiger partial charge in [0.2, 0.25) is 0 Å². The number of hydrogen-bond donors (Lipinski definition) is 0. The van der Waals surface area contributed by atoms with Gasteiger partial charge in [-0.2, -0.15) is 0 Å². The first kappa shape index (κ1) is 9.18. The molecule has 66 valence electrons. The molecule has 0 amide bonds. The van der Waals surface area contributed by atoms with Crippen LogP contribution in [0.4, 0.5) is 0 Å². The number of thiophene rings is 1. The van der Waals surface area contributed by atoms with Gasteiger partial charge in [-0.25, -0.2) is 9.97 Å². The van der Waals surface area contributed by atoms with Crippen LogP contribution in [0.15, 0.2) is 43.7 Å². The van der Waals surface area contributed by atoms with E-state index in [0.29, 0.717) is 0 Å². The Balaban J connectivity index is 2.24. The summed E-state index contributed by atoms with van der Waals surface area (Å²) < 4.78 is 2.17. The molecule has 5 heteroatoms. The summed E-state index contributed by atoms with van der Waals surface area (Å²) in [5.41, 5.74) is 0. The lowest BCUT2D eigenvalue weighted by Gasteiger charge is -1.98. The fourth-order valence-corrected chi connectivity index (χ4v) is 2.89. The molecule has 0 bridgehead atoms. The van der Waals surface area contributed by atoms with Crippen molar-refractivity contribution in [1.29, 1.82) is 0 Å². The number of nitrogens with zero attached hydrogens (tertiary/aromatic N) is 2. The highest BCUT2D eigenvalue weighted by atomic mass is 79.9. The molecule has 2 rings (SSSR count). The molecule has 0 saturated heterocycles. The third kappa shape index (κ3) is 2.30. The summed E-state index contributed by atoms with van der Waals surface area (Å²) in [6.45, 7) is 0. The quantitative estimate of drug-likeness (QED) is 0.784. The first-order valence-corrected chi connectivity index (χ1v) is 6.02. The van der Waals surface area contributed by atoms with Crippen molar-refractivity contribution in [2.24, 2.45) is 0 Å². The molecule has 0 aliphatic heterocycles. The minimum atomic E-state index is 0.938. The zero-order valence-corrected chi connectivity index (χ0v) is 9.69. The maximum absolute atomic E-state index is 4.16. The fourth-order valence-electron chi connectivity index (χ4n) is 0.793. The van der Waals surface area contributed by atoms with Gasteiger partial charge < -0.3 is 0 Å². The number of hydrogen-bond acceptors (Lipinski definition) is 4. The van der Waals surface area contributed by atoms with Crippen molar-refractivity contribution >= 4 is 39.0 Å². The molecule has 2 aromatic rings. The smallest absolute Gasteiger partial charge is 0.119 e. The summed E-state index contributed by atoms with van der Waals surface area (Å²) in [4.78, 5) is 8.07. The maximum atomic E-state index is 4.16. The molecule has 0 aromatic carbocycles. The van der Waals surface area contributed by atoms with Crippen molar-refractivity contribution in [3.05, 3.63) is 34.5 Å². The molecule has 0 fully saturated rings. The van der Waals surface area contributed by atoms with Crippen LogP contribution in [0.1, 0.15) is 0 Å². The Kier molecular flexibility index (Phi) is 2.97. The van der Waals surface area contributed by atoms with Crippen LogP contribution in [0.5, 0.6) is 0 Å². The van der Waals surface area contributed by atoms with Crippen molar-refractivity contribution < 1.29 is 0 Å². The third-order valence-electron chi connectivity index (χ3n) is 1.33. The normalized spacial score (nSPS) is 10.2. The highest BCUT2D eigenvalue weighted by molar-refractivity contribution is 9.10. The Morgan fingerprint density at radius 2 is 2.38 bits per heavy atom. The number of halogens is 1. The van der Waals surface area contributed by atoms with Crippen molar-refractivity contribution in [2.75, 3.05) is 0 Å². The SMILES string of the molecule is Brc1cncnc1Sc1cccs1. The standard InChI is InChI=1S/C8H5BrN2S2/c9-6-4-10-5-11-8(6)13-7-2-1-3-12-7/h1-5H. The zero-order valence-electron chi connectivity index (χ0n) is 6.48. The van der Waals surface area contributed by atoms with Crippen LogP contribution < -0.4 is 0 Å². The van der Waals surface area contributed by atoms with E-state index in [-0.39, 0.29) is 0 Å². The molecular formula is C8H5BrN2S2. The molecule has 0 spiro atoms. The third-order valence-corrected chi connectivity index (χ3v) is 4.23. The number of aromatic nitrogens is 2. The highest BCUT2D eigenvalue weighted by Gasteiger charge is 2.03. The maximum Gasteiger partial charge on any atom is 0.119 e. The van der Waals surface area contributed by atoms with Crippen molar-refractivity contribution in [2.45, 2.75) is 9.24 Å². The lowest BCUT2D eigenvalue weighted by molar-refractivity contribution is 1.03. The van der Waals surface area contributed by atoms with E-state index in [1.165, 1.54) is 4.21 Å². The van der Waals surface area contributed by atoms with Crippen LogP contribution >= 0.6 is 39.0 Å². The van der Waals surface area contributed by atoms with Crippen LogP contribution in [0.25, 0.3) is 0 Å². The van der Waals surface area contributed by atoms with Crippen LogP contribution in [-0.4, -0.2) is 9.97 Å². The summed E-state index contributed by atoms with van der Waals surface area (Å²) in [7, 11) is 0. The van der Waals surface area contributed by atoms with Crippen LogP contribution in [0, 0.1) is 0 Å². The molecular weight excluding hydrogens is 268 g/mol. The average molecular weight is 273 g/mol. The minimum absolute atomic E-state index is 0.938. The van der Waals surface area contributed by atoms with Crippen LogP contribution in [0.2, 0.25) is 0 Å². The molecule has 2 nitrogen and oxygen atoms in total. The molecule has 0 aliphatic rings. The molecule has 0 atom stereocenters. The van der Waals surface area contributed by atoms with Gasteiger partial charge in [-0.3, -0.25) is 0 Å². The second kappa shape index (κ2) is 4.21. The summed E-state index contributed by atoms with van der Waals surface area (Å²) >= 11 is 6.75. The van der Waals surface area contributed by atoms with Gasteiger partial charge in [0, 0.05) is 6.20 Å². The summed E-state index contributed by atoms with van der Waals surface area (Å²) in [6, 6.07) is 4.10. The van der Waals surface area contributed by atoms with Crippen molar-refractivity contribution in [1.82, 2.24) is 9.97 Å². The topological polar surface area (TPSA) is 25.8 Å². The minimum Gasteiger partial charge on any atom is -0.244 e. The molecule has 0 radical (unpaired) electrons. The first-order valence-electron chi connectivity index (χ1n) is 3.53. The second-order valence-electron chi connectivity index (χ2n) is 2.21. The monoisotopic (exact) mass is 272 g/mol. The molecule has 0 unspecified atom stereocenters. The Morgan fingerprint density at radius 3 is 3.08 bits per heavy atom. The predicted molar refractivity (Wildman–Crippen MR) is 58.2 cm³/mol. The molecule has 2 heterocycles. The van der Waals surface area contributed by atoms with Gasteiger partial charge in [-0.05, 0) is 27.4 Å². The van der Waals surface area contributed by atoms with Gasteiger partial charge in [0.1, 0.15) is 11.4 Å². The second-order valence-corrected chi connectivity index (χ2v) is 5.30. The molecule has 0 N–H and O–H groups in total. The van der Waals surface area contributed by atoms with Gasteiger partial charge in [0.15, 0.2) is 0 Å². The van der Waals surface area contributed by atoms with E-state index < -0.39 is 0 Å². The summed E-state index contributed by atoms with van der Waals surface area (Å²) in [5, 5.41) is 3.01. The van der Waals surface area contributed by atoms with E-state index in [0.717, 1.165) is 9.50 Å². The Labute approximate surface area is 92.6 Å². The Hall–Kier alpha value is -0.390. The van der Waals surface area contributed by atoms with Gasteiger partial charge in [0.05, 0.1) is 8.68 Å². The van der Waals surface area contributed by atoms with Crippen LogP contribution in [-0.2, 0) is 0 Å². The lowest BCUT2D eigenvalue weighted by atomic mass is 10.7. The van der Waals surface area contributed by atoms with Gasteiger partial charge in [-0.15, -0.1) is 11.3 Å². The summed E-state index contributed by atoms with van der Waals surface area (Å²) in [5.74, 6) is 0. The van der Waals surface area contributed by atoms with Crippen molar-refractivity contribution in [3.8, 4) is 0 Å². The first-order chi connectivity index (χ1) is 6.36. The summed E-state index contributed by atoms with van der Waals surface area (Å²) in [6.07, 6.45) is 3.31. The number of rotatable bonds is 2. The Morgan fingerprint density at radius 1 is 1.46 bits per heavy atom. The van der Waals surface area contributed by atoms with E-state index in [9.17, 15) is 0 Å². The zero-order chi connectivity index (χ0) is 9.10. The largest absolute Gasteiger partial charge is 0.244 e. The van der Waals surface area contributed by atoms with E-state index in [1.807, 2.05) is 6.07 Å². The van der Waals surface area contributed by atoms with Gasteiger partial charge in [-0.1, -0.05) is 17.8 Å². The van der Waals surface area contributed by atoms with E-state index in [4.69, 9.17) is 0 Å².